The molecule has 3 heteroatoms. The Kier molecular flexibility index (Phi) is 3.29. The van der Waals surface area contributed by atoms with Crippen LogP contribution >= 0.6 is 0 Å². The van der Waals surface area contributed by atoms with Gasteiger partial charge in [-0.1, -0.05) is 33.5 Å². The lowest BCUT2D eigenvalue weighted by Gasteiger charge is -2.40. The Bertz CT molecular complexity index is 127. The molecule has 0 heterocycles. The number of rotatable bonds is 3. The first-order valence-electron chi connectivity index (χ1n) is 4.02. The summed E-state index contributed by atoms with van der Waals surface area (Å²) >= 11 is 0. The van der Waals surface area contributed by atoms with Crippen molar-refractivity contribution in [3.63, 3.8) is 0 Å². The van der Waals surface area contributed by atoms with Crippen molar-refractivity contribution in [2.75, 3.05) is 6.61 Å². The van der Waals surface area contributed by atoms with E-state index in [9.17, 15) is 5.11 Å². The van der Waals surface area contributed by atoms with Crippen LogP contribution in [-0.4, -0.2) is 31.0 Å². The molecule has 0 saturated heterocycles. The van der Waals surface area contributed by atoms with Crippen molar-refractivity contribution < 1.29 is 10.2 Å². The van der Waals surface area contributed by atoms with Crippen molar-refractivity contribution in [2.24, 2.45) is 0 Å². The second-order valence-corrected chi connectivity index (χ2v) is 10.5. The molecule has 11 heavy (non-hydrogen) atoms. The Morgan fingerprint density at radius 2 is 1.64 bits per heavy atom. The molecule has 0 rings (SSSR count). The Hall–Kier alpha value is 0.137. The molecule has 0 aromatic heterocycles. The Balaban J connectivity index is 4.45. The molecule has 0 aliphatic rings. The lowest BCUT2D eigenvalue weighted by atomic mass is 10.1. The van der Waals surface area contributed by atoms with Crippen molar-refractivity contribution in [2.45, 2.75) is 44.6 Å². The van der Waals surface area contributed by atoms with E-state index in [0.717, 1.165) is 0 Å². The zero-order chi connectivity index (χ0) is 9.28. The Morgan fingerprint density at radius 3 is 1.73 bits per heavy atom. The van der Waals surface area contributed by atoms with Gasteiger partial charge in [0.1, 0.15) is 0 Å². The molecule has 0 aromatic carbocycles. The highest BCUT2D eigenvalue weighted by molar-refractivity contribution is 6.79. The summed E-state index contributed by atoms with van der Waals surface area (Å²) in [5.74, 6) is 0. The summed E-state index contributed by atoms with van der Waals surface area (Å²) in [7, 11) is -1.38. The van der Waals surface area contributed by atoms with E-state index < -0.39 is 14.2 Å². The Labute approximate surface area is 70.3 Å². The SMILES string of the molecule is CC(C)(C(O)CO)[Si](C)(C)C. The summed E-state index contributed by atoms with van der Waals surface area (Å²) in [5.41, 5.74) is 0. The van der Waals surface area contributed by atoms with Crippen LogP contribution in [0, 0.1) is 0 Å². The number of aliphatic hydroxyl groups is 2. The van der Waals surface area contributed by atoms with Crippen molar-refractivity contribution in [1.29, 1.82) is 0 Å². The largest absolute Gasteiger partial charge is 0.394 e. The monoisotopic (exact) mass is 176 g/mol. The first-order valence-corrected chi connectivity index (χ1v) is 7.52. The van der Waals surface area contributed by atoms with Gasteiger partial charge in [0.15, 0.2) is 0 Å². The highest BCUT2D eigenvalue weighted by atomic mass is 28.3. The third-order valence-corrected chi connectivity index (χ3v) is 7.14. The molecule has 0 fully saturated rings. The van der Waals surface area contributed by atoms with E-state index in [4.69, 9.17) is 5.11 Å². The van der Waals surface area contributed by atoms with Gasteiger partial charge in [0.05, 0.1) is 20.8 Å². The molecule has 0 bridgehead atoms. The van der Waals surface area contributed by atoms with Crippen molar-refractivity contribution >= 4 is 8.07 Å². The predicted molar refractivity (Wildman–Crippen MR) is 50.5 cm³/mol. The topological polar surface area (TPSA) is 40.5 Å². The van der Waals surface area contributed by atoms with Crippen LogP contribution in [0.1, 0.15) is 13.8 Å². The molecule has 0 aromatic rings. The third-order valence-electron chi connectivity index (χ3n) is 2.94. The van der Waals surface area contributed by atoms with E-state index in [1.807, 2.05) is 13.8 Å². The van der Waals surface area contributed by atoms with Crippen LogP contribution in [0.2, 0.25) is 24.7 Å². The summed E-state index contributed by atoms with van der Waals surface area (Å²) in [6.45, 7) is 10.5. The smallest absolute Gasteiger partial charge is 0.0798 e. The fraction of sp³-hybridized carbons (Fsp3) is 1.00. The third kappa shape index (κ3) is 2.29. The van der Waals surface area contributed by atoms with Gasteiger partial charge in [-0.05, 0) is 5.04 Å². The molecule has 0 spiro atoms. The van der Waals surface area contributed by atoms with Crippen LogP contribution in [-0.2, 0) is 0 Å². The average Bonchev–Trinajstić information content (AvgIpc) is 1.83. The first kappa shape index (κ1) is 11.1. The number of hydrogen-bond donors (Lipinski definition) is 2. The van der Waals surface area contributed by atoms with Gasteiger partial charge in [-0.25, -0.2) is 0 Å². The summed E-state index contributed by atoms with van der Waals surface area (Å²) in [4.78, 5) is 0. The molecule has 0 aliphatic heterocycles. The van der Waals surface area contributed by atoms with Gasteiger partial charge in [0.2, 0.25) is 0 Å². The van der Waals surface area contributed by atoms with Crippen LogP contribution in [0.4, 0.5) is 0 Å². The average molecular weight is 176 g/mol. The molecule has 0 amide bonds. The molecule has 1 unspecified atom stereocenters. The van der Waals surface area contributed by atoms with E-state index >= 15 is 0 Å². The van der Waals surface area contributed by atoms with Crippen LogP contribution in [0.15, 0.2) is 0 Å². The van der Waals surface area contributed by atoms with Gasteiger partial charge in [0.25, 0.3) is 0 Å². The quantitative estimate of drug-likeness (QED) is 0.639. The second kappa shape index (κ2) is 3.25. The molecular formula is C8H20O2Si. The van der Waals surface area contributed by atoms with E-state index in [0.29, 0.717) is 0 Å². The number of hydrogen-bond acceptors (Lipinski definition) is 2. The summed E-state index contributed by atoms with van der Waals surface area (Å²) in [6, 6.07) is 0. The molecule has 2 nitrogen and oxygen atoms in total. The minimum absolute atomic E-state index is 0.109. The summed E-state index contributed by atoms with van der Waals surface area (Å²) in [6.07, 6.45) is -0.575. The minimum atomic E-state index is -1.38. The Morgan fingerprint density at radius 1 is 1.27 bits per heavy atom. The predicted octanol–water partition coefficient (Wildman–Crippen LogP) is 1.46. The standard InChI is InChI=1S/C8H20O2Si/c1-8(2,7(10)6-9)11(3,4)5/h7,9-10H,6H2,1-5H3. The zero-order valence-corrected chi connectivity index (χ0v) is 9.18. The van der Waals surface area contributed by atoms with Crippen molar-refractivity contribution in [3.05, 3.63) is 0 Å². The molecule has 2 N–H and O–H groups in total. The molecule has 0 saturated carbocycles. The van der Waals surface area contributed by atoms with E-state index in [-0.39, 0.29) is 11.6 Å². The fourth-order valence-electron chi connectivity index (χ4n) is 0.728. The van der Waals surface area contributed by atoms with E-state index in [1.165, 1.54) is 0 Å². The van der Waals surface area contributed by atoms with Gasteiger partial charge < -0.3 is 10.2 Å². The van der Waals surface area contributed by atoms with Gasteiger partial charge >= 0.3 is 0 Å². The maximum atomic E-state index is 9.51. The first-order chi connectivity index (χ1) is 4.73. The van der Waals surface area contributed by atoms with E-state index in [2.05, 4.69) is 19.6 Å². The van der Waals surface area contributed by atoms with Gasteiger partial charge in [0, 0.05) is 0 Å². The van der Waals surface area contributed by atoms with E-state index in [1.54, 1.807) is 0 Å². The van der Waals surface area contributed by atoms with Gasteiger partial charge in [-0.2, -0.15) is 0 Å². The summed E-state index contributed by atoms with van der Waals surface area (Å²) in [5, 5.41) is 18.2. The van der Waals surface area contributed by atoms with Crippen LogP contribution in [0.3, 0.4) is 0 Å². The lowest BCUT2D eigenvalue weighted by Crippen LogP contribution is -2.44. The van der Waals surface area contributed by atoms with Crippen LogP contribution in [0.5, 0.6) is 0 Å². The molecule has 68 valence electrons. The zero-order valence-electron chi connectivity index (χ0n) is 8.18. The molecule has 0 radical (unpaired) electrons. The fourth-order valence-corrected chi connectivity index (χ4v) is 1.82. The summed E-state index contributed by atoms with van der Waals surface area (Å²) < 4.78 is 0. The minimum Gasteiger partial charge on any atom is -0.394 e. The molecular weight excluding hydrogens is 156 g/mol. The molecule has 0 aliphatic carbocycles. The van der Waals surface area contributed by atoms with Crippen molar-refractivity contribution in [1.82, 2.24) is 0 Å². The highest BCUT2D eigenvalue weighted by Crippen LogP contribution is 2.39. The van der Waals surface area contributed by atoms with Crippen LogP contribution in [0.25, 0.3) is 0 Å². The normalized spacial score (nSPS) is 16.6. The lowest BCUT2D eigenvalue weighted by molar-refractivity contribution is 0.0632. The number of aliphatic hydroxyl groups excluding tert-OH is 2. The van der Waals surface area contributed by atoms with Crippen molar-refractivity contribution in [3.8, 4) is 0 Å². The second-order valence-electron chi connectivity index (χ2n) is 4.67. The maximum Gasteiger partial charge on any atom is 0.0798 e. The molecule has 1 atom stereocenters. The highest BCUT2D eigenvalue weighted by Gasteiger charge is 2.40. The van der Waals surface area contributed by atoms with Gasteiger partial charge in [-0.15, -0.1) is 0 Å². The maximum absolute atomic E-state index is 9.51. The van der Waals surface area contributed by atoms with Gasteiger partial charge in [-0.3, -0.25) is 0 Å². The van der Waals surface area contributed by atoms with Crippen LogP contribution < -0.4 is 0 Å².